The Balaban J connectivity index is 1.45. The number of benzene rings is 2. The highest BCUT2D eigenvalue weighted by Crippen LogP contribution is 2.32. The average Bonchev–Trinajstić information content (AvgIpc) is 3.39. The molecule has 1 aliphatic heterocycles. The van der Waals surface area contributed by atoms with Crippen molar-refractivity contribution in [3.63, 3.8) is 0 Å². The summed E-state index contributed by atoms with van der Waals surface area (Å²) in [5, 5.41) is 5.08. The van der Waals surface area contributed by atoms with Crippen LogP contribution in [0.1, 0.15) is 15.9 Å². The molecule has 0 spiro atoms. The van der Waals surface area contributed by atoms with E-state index in [1.54, 1.807) is 23.6 Å². The van der Waals surface area contributed by atoms with Gasteiger partial charge >= 0.3 is 0 Å². The lowest BCUT2D eigenvalue weighted by Gasteiger charge is -2.07. The molecule has 1 N–H and O–H groups in total. The van der Waals surface area contributed by atoms with Crippen LogP contribution >= 0.6 is 22.9 Å². The van der Waals surface area contributed by atoms with Crippen LogP contribution in [0.2, 0.25) is 5.02 Å². The Morgan fingerprint density at radius 3 is 2.90 bits per heavy atom. The number of aromatic nitrogens is 2. The highest BCUT2D eigenvalue weighted by molar-refractivity contribution is 7.15. The number of nitrogens with zero attached hydrogens (tertiary/aromatic N) is 2. The molecule has 2 aromatic heterocycles. The first-order valence-electron chi connectivity index (χ1n) is 9.03. The molecule has 5 rings (SSSR count). The van der Waals surface area contributed by atoms with Gasteiger partial charge in [0.25, 0.3) is 11.5 Å². The van der Waals surface area contributed by atoms with Crippen molar-refractivity contribution < 1.29 is 14.3 Å². The Bertz CT molecular complexity index is 1350. The number of rotatable bonds is 4. The number of carbonyl (C=O) groups is 1. The smallest absolute Gasteiger partial charge is 0.271 e. The van der Waals surface area contributed by atoms with Crippen molar-refractivity contribution in [3.05, 3.63) is 80.5 Å². The Morgan fingerprint density at radius 2 is 2.03 bits per heavy atom. The molecule has 0 fully saturated rings. The second-order valence-corrected chi connectivity index (χ2v) is 7.81. The van der Waals surface area contributed by atoms with E-state index in [-0.39, 0.29) is 18.9 Å². The Morgan fingerprint density at radius 1 is 1.20 bits per heavy atom. The standard InChI is InChI=1S/C21H14ClN3O4S/c22-15-4-2-1-3-13(15)16-10-30-21-24-9-14(20(27)25(16)21)19(26)23-8-12-5-6-17-18(7-12)29-11-28-17/h1-7,9-10H,8,11H2,(H,23,26). The molecule has 1 aliphatic rings. The monoisotopic (exact) mass is 439 g/mol. The van der Waals surface area contributed by atoms with Gasteiger partial charge in [-0.1, -0.05) is 35.9 Å². The van der Waals surface area contributed by atoms with Crippen molar-refractivity contribution in [2.45, 2.75) is 6.54 Å². The Hall–Kier alpha value is -3.36. The van der Waals surface area contributed by atoms with Crippen LogP contribution < -0.4 is 20.3 Å². The van der Waals surface area contributed by atoms with Crippen molar-refractivity contribution in [3.8, 4) is 22.8 Å². The fourth-order valence-corrected chi connectivity index (χ4v) is 4.32. The van der Waals surface area contributed by atoms with Gasteiger partial charge in [0.15, 0.2) is 16.5 Å². The molecule has 150 valence electrons. The van der Waals surface area contributed by atoms with E-state index in [0.29, 0.717) is 32.7 Å². The molecule has 9 heteroatoms. The van der Waals surface area contributed by atoms with Crippen LogP contribution in [0.3, 0.4) is 0 Å². The first-order chi connectivity index (χ1) is 14.6. The van der Waals surface area contributed by atoms with Crippen LogP contribution in [0.15, 0.2) is 58.8 Å². The molecule has 0 saturated heterocycles. The minimum atomic E-state index is -0.504. The van der Waals surface area contributed by atoms with E-state index >= 15 is 0 Å². The minimum absolute atomic E-state index is 0.0417. The molecule has 0 saturated carbocycles. The summed E-state index contributed by atoms with van der Waals surface area (Å²) in [5.74, 6) is 0.797. The second kappa shape index (κ2) is 7.47. The number of ether oxygens (including phenoxy) is 2. The number of fused-ring (bicyclic) bond motifs is 2. The number of hydrogen-bond donors (Lipinski definition) is 1. The third-order valence-corrected chi connectivity index (χ3v) is 5.90. The van der Waals surface area contributed by atoms with Gasteiger partial charge in [0.2, 0.25) is 6.79 Å². The minimum Gasteiger partial charge on any atom is -0.454 e. The van der Waals surface area contributed by atoms with Gasteiger partial charge in [-0.05, 0) is 23.8 Å². The van der Waals surface area contributed by atoms with Crippen LogP contribution in [0.4, 0.5) is 0 Å². The fourth-order valence-electron chi connectivity index (χ4n) is 3.23. The summed E-state index contributed by atoms with van der Waals surface area (Å²) in [5.41, 5.74) is 1.64. The third kappa shape index (κ3) is 3.20. The molecular weight excluding hydrogens is 426 g/mol. The first kappa shape index (κ1) is 18.7. The SMILES string of the molecule is O=C(NCc1ccc2c(c1)OCO2)c1cnc2scc(-c3ccccc3Cl)n2c1=O. The van der Waals surface area contributed by atoms with E-state index in [2.05, 4.69) is 10.3 Å². The fraction of sp³-hybridized carbons (Fsp3) is 0.0952. The van der Waals surface area contributed by atoms with Gasteiger partial charge < -0.3 is 14.8 Å². The number of halogens is 1. The van der Waals surface area contributed by atoms with Crippen molar-refractivity contribution in [2.24, 2.45) is 0 Å². The van der Waals surface area contributed by atoms with Crippen LogP contribution in [0, 0.1) is 0 Å². The van der Waals surface area contributed by atoms with Crippen molar-refractivity contribution in [1.29, 1.82) is 0 Å². The molecular formula is C21H14ClN3O4S. The lowest BCUT2D eigenvalue weighted by atomic mass is 10.1. The molecule has 0 bridgehead atoms. The molecule has 30 heavy (non-hydrogen) atoms. The average molecular weight is 440 g/mol. The van der Waals surface area contributed by atoms with Crippen molar-refractivity contribution in [2.75, 3.05) is 6.79 Å². The largest absolute Gasteiger partial charge is 0.454 e. The lowest BCUT2D eigenvalue weighted by molar-refractivity contribution is 0.0949. The van der Waals surface area contributed by atoms with Crippen LogP contribution in [0.5, 0.6) is 11.5 Å². The maximum atomic E-state index is 13.1. The van der Waals surface area contributed by atoms with E-state index in [1.165, 1.54) is 21.9 Å². The van der Waals surface area contributed by atoms with Gasteiger partial charge in [-0.15, -0.1) is 11.3 Å². The van der Waals surface area contributed by atoms with Gasteiger partial charge in [-0.25, -0.2) is 4.98 Å². The van der Waals surface area contributed by atoms with E-state index in [9.17, 15) is 9.59 Å². The molecule has 0 unspecified atom stereocenters. The Labute approximate surface area is 179 Å². The maximum absolute atomic E-state index is 13.1. The molecule has 2 aromatic carbocycles. The quantitative estimate of drug-likeness (QED) is 0.524. The van der Waals surface area contributed by atoms with Crippen LogP contribution in [-0.2, 0) is 6.54 Å². The van der Waals surface area contributed by atoms with Crippen molar-refractivity contribution >= 4 is 33.8 Å². The normalized spacial score (nSPS) is 12.3. The number of hydrogen-bond acceptors (Lipinski definition) is 6. The summed E-state index contributed by atoms with van der Waals surface area (Å²) in [6.45, 7) is 0.417. The zero-order valence-electron chi connectivity index (χ0n) is 15.4. The molecule has 4 aromatic rings. The van der Waals surface area contributed by atoms with E-state index in [1.807, 2.05) is 24.3 Å². The number of carbonyl (C=O) groups excluding carboxylic acids is 1. The van der Waals surface area contributed by atoms with Gasteiger partial charge in [-0.3, -0.25) is 14.0 Å². The molecule has 0 atom stereocenters. The summed E-state index contributed by atoms with van der Waals surface area (Å²) in [6, 6.07) is 12.6. The first-order valence-corrected chi connectivity index (χ1v) is 10.3. The third-order valence-electron chi connectivity index (χ3n) is 4.73. The van der Waals surface area contributed by atoms with Crippen molar-refractivity contribution in [1.82, 2.24) is 14.7 Å². The summed E-state index contributed by atoms with van der Waals surface area (Å²) >= 11 is 7.61. The van der Waals surface area contributed by atoms with E-state index in [4.69, 9.17) is 21.1 Å². The summed E-state index contributed by atoms with van der Waals surface area (Å²) < 4.78 is 12.0. The maximum Gasteiger partial charge on any atom is 0.271 e. The number of thiazole rings is 1. The second-order valence-electron chi connectivity index (χ2n) is 6.57. The van der Waals surface area contributed by atoms with Gasteiger partial charge in [0, 0.05) is 28.7 Å². The van der Waals surface area contributed by atoms with Gasteiger partial charge in [0.05, 0.1) is 5.69 Å². The zero-order valence-corrected chi connectivity index (χ0v) is 17.0. The lowest BCUT2D eigenvalue weighted by Crippen LogP contribution is -2.31. The molecule has 0 radical (unpaired) electrons. The summed E-state index contributed by atoms with van der Waals surface area (Å²) in [7, 11) is 0. The van der Waals surface area contributed by atoms with Gasteiger partial charge in [0.1, 0.15) is 5.56 Å². The van der Waals surface area contributed by atoms with E-state index in [0.717, 1.165) is 5.56 Å². The predicted octanol–water partition coefficient (Wildman–Crippen LogP) is 3.74. The highest BCUT2D eigenvalue weighted by Gasteiger charge is 2.19. The topological polar surface area (TPSA) is 81.9 Å². The van der Waals surface area contributed by atoms with Crippen LogP contribution in [-0.4, -0.2) is 22.1 Å². The summed E-state index contributed by atoms with van der Waals surface area (Å²) in [4.78, 5) is 30.6. The van der Waals surface area contributed by atoms with Gasteiger partial charge in [-0.2, -0.15) is 0 Å². The number of amides is 1. The molecule has 0 aliphatic carbocycles. The van der Waals surface area contributed by atoms with Crippen LogP contribution in [0.25, 0.3) is 16.2 Å². The van der Waals surface area contributed by atoms with E-state index < -0.39 is 11.5 Å². The predicted molar refractivity (Wildman–Crippen MR) is 114 cm³/mol. The highest BCUT2D eigenvalue weighted by atomic mass is 35.5. The zero-order chi connectivity index (χ0) is 20.7. The molecule has 3 heterocycles. The Kier molecular flexibility index (Phi) is 4.65. The molecule has 7 nitrogen and oxygen atoms in total. The molecule has 1 amide bonds. The summed E-state index contributed by atoms with van der Waals surface area (Å²) in [6.07, 6.45) is 1.31. The number of nitrogens with one attached hydrogen (secondary N) is 1.